The van der Waals surface area contributed by atoms with E-state index in [0.29, 0.717) is 11.4 Å². The number of amides is 3. The van der Waals surface area contributed by atoms with Crippen molar-refractivity contribution in [2.45, 2.75) is 13.8 Å². The van der Waals surface area contributed by atoms with Crippen LogP contribution in [0.25, 0.3) is 6.08 Å². The Morgan fingerprint density at radius 2 is 1.95 bits per heavy atom. The van der Waals surface area contributed by atoms with Gasteiger partial charge >= 0.3 is 0 Å². The average Bonchev–Trinajstić information content (AvgIpc) is 2.89. The van der Waals surface area contributed by atoms with E-state index in [1.165, 1.54) is 30.1 Å². The minimum atomic E-state index is -0.441. The number of carbonyl (C=O) groups excluding carboxylic acids is 3. The number of thiophene rings is 1. The van der Waals surface area contributed by atoms with Crippen molar-refractivity contribution in [3.63, 3.8) is 0 Å². The zero-order valence-electron chi connectivity index (χ0n) is 11.8. The monoisotopic (exact) mass is 306 g/mol. The first-order valence-corrected chi connectivity index (χ1v) is 6.97. The topological polar surface area (TPSA) is 90.9 Å². The van der Waals surface area contributed by atoms with Gasteiger partial charge in [-0.2, -0.15) is 4.99 Å². The highest BCUT2D eigenvalue weighted by Crippen LogP contribution is 2.27. The predicted octanol–water partition coefficient (Wildman–Crippen LogP) is 1.01. The lowest BCUT2D eigenvalue weighted by atomic mass is 10.3. The molecule has 8 heteroatoms. The molecule has 1 aliphatic heterocycles. The number of anilines is 1. The van der Waals surface area contributed by atoms with Gasteiger partial charge in [0, 0.05) is 20.9 Å². The Morgan fingerprint density at radius 3 is 2.57 bits per heavy atom. The molecule has 0 spiro atoms. The molecule has 110 valence electrons. The first kappa shape index (κ1) is 14.9. The third-order valence-electron chi connectivity index (χ3n) is 2.67. The van der Waals surface area contributed by atoms with Crippen LogP contribution >= 0.6 is 11.3 Å². The van der Waals surface area contributed by atoms with Gasteiger partial charge in [-0.25, -0.2) is 0 Å². The van der Waals surface area contributed by atoms with Crippen LogP contribution in [-0.2, 0) is 14.4 Å². The van der Waals surface area contributed by atoms with Crippen LogP contribution in [0.1, 0.15) is 18.7 Å². The van der Waals surface area contributed by atoms with Gasteiger partial charge in [0.2, 0.25) is 17.8 Å². The summed E-state index contributed by atoms with van der Waals surface area (Å²) in [4.78, 5) is 40.1. The lowest BCUT2D eigenvalue weighted by Crippen LogP contribution is -2.37. The molecule has 0 atom stereocenters. The molecular formula is C13H14N4O3S. The van der Waals surface area contributed by atoms with Gasteiger partial charge < -0.3 is 10.2 Å². The number of rotatable bonds is 2. The van der Waals surface area contributed by atoms with Crippen molar-refractivity contribution in [3.8, 4) is 0 Å². The fourth-order valence-corrected chi connectivity index (χ4v) is 2.54. The SMILES string of the molecule is CC(=O)NC1=NC(=O)/C(=C\c2sccc2NC(C)=O)N1C. The number of nitrogens with zero attached hydrogens (tertiary/aromatic N) is 2. The van der Waals surface area contributed by atoms with E-state index in [0.717, 1.165) is 4.88 Å². The molecule has 0 radical (unpaired) electrons. The summed E-state index contributed by atoms with van der Waals surface area (Å²) < 4.78 is 0. The Balaban J connectivity index is 2.27. The largest absolute Gasteiger partial charge is 0.325 e. The molecule has 21 heavy (non-hydrogen) atoms. The standard InChI is InChI=1S/C13H14N4O3S/c1-7(18)14-9-4-5-21-11(9)6-10-12(20)16-13(17(10)3)15-8(2)19/h4-6H,1-3H3,(H,14,18)(H,15,16,19,20)/b10-6+. The van der Waals surface area contributed by atoms with E-state index in [2.05, 4.69) is 15.6 Å². The summed E-state index contributed by atoms with van der Waals surface area (Å²) in [5.41, 5.74) is 0.960. The van der Waals surface area contributed by atoms with Crippen molar-refractivity contribution in [2.75, 3.05) is 12.4 Å². The van der Waals surface area contributed by atoms with Crippen LogP contribution in [0, 0.1) is 0 Å². The third kappa shape index (κ3) is 3.34. The zero-order chi connectivity index (χ0) is 15.6. The minimum absolute atomic E-state index is 0.186. The van der Waals surface area contributed by atoms with Gasteiger partial charge in [-0.3, -0.25) is 19.7 Å². The molecule has 0 unspecified atom stereocenters. The van der Waals surface area contributed by atoms with Crippen molar-refractivity contribution in [3.05, 3.63) is 22.0 Å². The Hall–Kier alpha value is -2.48. The van der Waals surface area contributed by atoms with Crippen LogP contribution in [0.4, 0.5) is 5.69 Å². The maximum Gasteiger partial charge on any atom is 0.296 e. The number of hydrogen-bond donors (Lipinski definition) is 2. The van der Waals surface area contributed by atoms with Crippen LogP contribution in [0.5, 0.6) is 0 Å². The summed E-state index contributed by atoms with van der Waals surface area (Å²) in [5, 5.41) is 6.99. The summed E-state index contributed by atoms with van der Waals surface area (Å²) in [6.07, 6.45) is 1.64. The first-order chi connectivity index (χ1) is 9.88. The quantitative estimate of drug-likeness (QED) is 0.798. The second-order valence-electron chi connectivity index (χ2n) is 4.39. The Kier molecular flexibility index (Phi) is 4.18. The van der Waals surface area contributed by atoms with E-state index < -0.39 is 5.91 Å². The van der Waals surface area contributed by atoms with E-state index in [1.807, 2.05) is 5.38 Å². The van der Waals surface area contributed by atoms with Gasteiger partial charge in [-0.05, 0) is 17.5 Å². The smallest absolute Gasteiger partial charge is 0.296 e. The maximum atomic E-state index is 11.9. The van der Waals surface area contributed by atoms with E-state index in [4.69, 9.17) is 0 Å². The number of hydrogen-bond acceptors (Lipinski definition) is 5. The van der Waals surface area contributed by atoms with Gasteiger partial charge in [0.25, 0.3) is 5.91 Å². The summed E-state index contributed by atoms with van der Waals surface area (Å²) in [6, 6.07) is 1.76. The highest BCUT2D eigenvalue weighted by Gasteiger charge is 2.27. The summed E-state index contributed by atoms with van der Waals surface area (Å²) in [5.74, 6) is -0.737. The summed E-state index contributed by atoms with van der Waals surface area (Å²) in [6.45, 7) is 2.76. The first-order valence-electron chi connectivity index (χ1n) is 6.09. The molecule has 7 nitrogen and oxygen atoms in total. The lowest BCUT2D eigenvalue weighted by molar-refractivity contribution is -0.118. The Bertz CT molecular complexity index is 675. The van der Waals surface area contributed by atoms with Crippen molar-refractivity contribution in [1.82, 2.24) is 10.2 Å². The van der Waals surface area contributed by atoms with E-state index in [9.17, 15) is 14.4 Å². The predicted molar refractivity (Wildman–Crippen MR) is 80.6 cm³/mol. The Labute approximate surface area is 125 Å². The number of nitrogens with one attached hydrogen (secondary N) is 2. The lowest BCUT2D eigenvalue weighted by Gasteiger charge is -2.14. The van der Waals surface area contributed by atoms with Crippen LogP contribution in [0.3, 0.4) is 0 Å². The molecule has 1 aromatic heterocycles. The van der Waals surface area contributed by atoms with Crippen LogP contribution in [-0.4, -0.2) is 35.6 Å². The molecular weight excluding hydrogens is 292 g/mol. The maximum absolute atomic E-state index is 11.9. The van der Waals surface area contributed by atoms with Gasteiger partial charge in [0.15, 0.2) is 0 Å². The fourth-order valence-electron chi connectivity index (χ4n) is 1.76. The van der Waals surface area contributed by atoms with E-state index in [1.54, 1.807) is 19.2 Å². The number of guanidine groups is 1. The molecule has 0 aromatic carbocycles. The number of carbonyl (C=O) groups is 3. The van der Waals surface area contributed by atoms with Crippen LogP contribution in [0.2, 0.25) is 0 Å². The molecule has 3 amide bonds. The molecule has 0 aliphatic carbocycles. The molecule has 1 aliphatic rings. The van der Waals surface area contributed by atoms with Crippen molar-refractivity contribution < 1.29 is 14.4 Å². The number of likely N-dealkylation sites (N-methyl/N-ethyl adjacent to an activating group) is 1. The molecule has 2 N–H and O–H groups in total. The van der Waals surface area contributed by atoms with Gasteiger partial charge in [0.1, 0.15) is 5.70 Å². The molecule has 0 fully saturated rings. The highest BCUT2D eigenvalue weighted by atomic mass is 32.1. The summed E-state index contributed by atoms with van der Waals surface area (Å²) in [7, 11) is 1.64. The van der Waals surface area contributed by atoms with Crippen molar-refractivity contribution >= 4 is 46.8 Å². The third-order valence-corrected chi connectivity index (χ3v) is 3.53. The van der Waals surface area contributed by atoms with Crippen molar-refractivity contribution in [2.24, 2.45) is 4.99 Å². The Morgan fingerprint density at radius 1 is 1.29 bits per heavy atom. The molecule has 2 rings (SSSR count). The molecule has 0 saturated heterocycles. The second kappa shape index (κ2) is 5.88. The molecule has 0 bridgehead atoms. The van der Waals surface area contributed by atoms with Gasteiger partial charge in [-0.15, -0.1) is 11.3 Å². The van der Waals surface area contributed by atoms with E-state index >= 15 is 0 Å². The van der Waals surface area contributed by atoms with Crippen molar-refractivity contribution in [1.29, 1.82) is 0 Å². The fraction of sp³-hybridized carbons (Fsp3) is 0.231. The molecule has 2 heterocycles. The highest BCUT2D eigenvalue weighted by molar-refractivity contribution is 7.11. The minimum Gasteiger partial charge on any atom is -0.325 e. The molecule has 1 aromatic rings. The number of aliphatic imine (C=N–C) groups is 1. The average molecular weight is 306 g/mol. The van der Waals surface area contributed by atoms with Gasteiger partial charge in [-0.1, -0.05) is 0 Å². The van der Waals surface area contributed by atoms with Crippen LogP contribution < -0.4 is 10.6 Å². The summed E-state index contributed by atoms with van der Waals surface area (Å²) >= 11 is 1.39. The van der Waals surface area contributed by atoms with Gasteiger partial charge in [0.05, 0.1) is 10.6 Å². The zero-order valence-corrected chi connectivity index (χ0v) is 12.6. The van der Waals surface area contributed by atoms with Crippen LogP contribution in [0.15, 0.2) is 22.1 Å². The van der Waals surface area contributed by atoms with E-state index in [-0.39, 0.29) is 17.8 Å². The normalized spacial score (nSPS) is 16.1. The molecule has 0 saturated carbocycles. The second-order valence-corrected chi connectivity index (χ2v) is 5.34.